The number of nitrogens with zero attached hydrogens (tertiary/aromatic N) is 3. The molecule has 0 aromatic heterocycles. The molecule has 0 aliphatic carbocycles. The molecular weight excluding hydrogens is 322 g/mol. The largest absolute Gasteiger partial charge is 0.304 e. The van der Waals surface area contributed by atoms with Crippen molar-refractivity contribution < 1.29 is 4.92 Å². The normalized spacial score (nSPS) is 17.3. The summed E-state index contributed by atoms with van der Waals surface area (Å²) in [6.45, 7) is 5.57. The second-order valence-corrected chi connectivity index (χ2v) is 6.15. The number of likely N-dealkylation sites (N-methyl/N-ethyl adjacent to an activating group) is 1. The second-order valence-electron chi connectivity index (χ2n) is 5.29. The summed E-state index contributed by atoms with van der Waals surface area (Å²) in [5.41, 5.74) is 1.19. The van der Waals surface area contributed by atoms with Gasteiger partial charge in [-0.25, -0.2) is 0 Å². The fraction of sp³-hybridized carbons (Fsp3) is 0.571. The van der Waals surface area contributed by atoms with Gasteiger partial charge in [0.1, 0.15) is 0 Å². The van der Waals surface area contributed by atoms with E-state index in [0.717, 1.165) is 51.1 Å². The number of hydrogen-bond acceptors (Lipinski definition) is 4. The van der Waals surface area contributed by atoms with Gasteiger partial charge in [0.05, 0.1) is 9.40 Å². The van der Waals surface area contributed by atoms with Gasteiger partial charge in [0.25, 0.3) is 5.69 Å². The number of hydrogen-bond donors (Lipinski definition) is 0. The maximum absolute atomic E-state index is 10.9. The molecule has 1 heterocycles. The third-order valence-electron chi connectivity index (χ3n) is 3.74. The second kappa shape index (κ2) is 7.15. The quantitative estimate of drug-likeness (QED) is 0.610. The first-order valence-corrected chi connectivity index (χ1v) is 7.69. The van der Waals surface area contributed by atoms with E-state index in [0.29, 0.717) is 4.47 Å². The van der Waals surface area contributed by atoms with Crippen LogP contribution in [-0.4, -0.2) is 54.5 Å². The molecule has 0 N–H and O–H groups in total. The van der Waals surface area contributed by atoms with Gasteiger partial charge in [-0.3, -0.25) is 10.1 Å². The highest BCUT2D eigenvalue weighted by atomic mass is 79.9. The van der Waals surface area contributed by atoms with Crippen molar-refractivity contribution in [3.8, 4) is 0 Å². The van der Waals surface area contributed by atoms with Gasteiger partial charge < -0.3 is 9.80 Å². The van der Waals surface area contributed by atoms with Crippen LogP contribution in [0.15, 0.2) is 22.7 Å². The van der Waals surface area contributed by atoms with Crippen LogP contribution in [0, 0.1) is 10.1 Å². The van der Waals surface area contributed by atoms with E-state index in [9.17, 15) is 10.1 Å². The molecule has 0 bridgehead atoms. The molecule has 0 unspecified atom stereocenters. The molecular formula is C14H20BrN3O2. The molecule has 0 radical (unpaired) electrons. The summed E-state index contributed by atoms with van der Waals surface area (Å²) in [6, 6.07) is 5.40. The van der Waals surface area contributed by atoms with Crippen LogP contribution in [0.2, 0.25) is 0 Å². The number of nitro benzene ring substituents is 1. The van der Waals surface area contributed by atoms with Gasteiger partial charge in [-0.2, -0.15) is 0 Å². The molecule has 0 spiro atoms. The Labute approximate surface area is 127 Å². The van der Waals surface area contributed by atoms with Crippen LogP contribution < -0.4 is 0 Å². The van der Waals surface area contributed by atoms with Crippen molar-refractivity contribution in [1.29, 1.82) is 0 Å². The van der Waals surface area contributed by atoms with E-state index < -0.39 is 0 Å². The van der Waals surface area contributed by atoms with E-state index in [-0.39, 0.29) is 10.6 Å². The summed E-state index contributed by atoms with van der Waals surface area (Å²) in [7, 11) is 2.15. The Balaban J connectivity index is 1.82. The fourth-order valence-corrected chi connectivity index (χ4v) is 2.82. The first kappa shape index (κ1) is 15.4. The third-order valence-corrected chi connectivity index (χ3v) is 4.41. The number of benzene rings is 1. The van der Waals surface area contributed by atoms with Gasteiger partial charge in [0, 0.05) is 32.2 Å². The van der Waals surface area contributed by atoms with Crippen molar-refractivity contribution in [2.75, 3.05) is 39.8 Å². The van der Waals surface area contributed by atoms with E-state index in [1.54, 1.807) is 12.1 Å². The molecule has 0 amide bonds. The van der Waals surface area contributed by atoms with Crippen molar-refractivity contribution >= 4 is 21.6 Å². The summed E-state index contributed by atoms with van der Waals surface area (Å²) in [5, 5.41) is 10.9. The molecule has 5 nitrogen and oxygen atoms in total. The number of aryl methyl sites for hydroxylation is 1. The highest BCUT2D eigenvalue weighted by Crippen LogP contribution is 2.26. The topological polar surface area (TPSA) is 49.6 Å². The zero-order valence-electron chi connectivity index (χ0n) is 11.7. The van der Waals surface area contributed by atoms with Gasteiger partial charge in [-0.15, -0.1) is 0 Å². The summed E-state index contributed by atoms with van der Waals surface area (Å²) in [4.78, 5) is 15.4. The number of halogens is 1. The van der Waals surface area contributed by atoms with E-state index >= 15 is 0 Å². The van der Waals surface area contributed by atoms with Crippen molar-refractivity contribution in [3.63, 3.8) is 0 Å². The maximum atomic E-state index is 10.9. The molecule has 2 rings (SSSR count). The summed E-state index contributed by atoms with van der Waals surface area (Å²) >= 11 is 3.21. The van der Waals surface area contributed by atoms with Crippen LogP contribution >= 0.6 is 15.9 Å². The van der Waals surface area contributed by atoms with Crippen LogP contribution in [0.3, 0.4) is 0 Å². The zero-order valence-corrected chi connectivity index (χ0v) is 13.3. The Kier molecular flexibility index (Phi) is 5.51. The monoisotopic (exact) mass is 341 g/mol. The number of rotatable bonds is 5. The standard InChI is InChI=1S/C14H20BrN3O2/c1-16-7-9-17(10-8-16)6-2-3-12-4-5-13(15)14(11-12)18(19)20/h4-5,11H,2-3,6-10H2,1H3. The van der Waals surface area contributed by atoms with Crippen LogP contribution in [-0.2, 0) is 6.42 Å². The van der Waals surface area contributed by atoms with Crippen molar-refractivity contribution in [1.82, 2.24) is 9.80 Å². The Bertz CT molecular complexity index is 473. The van der Waals surface area contributed by atoms with Crippen molar-refractivity contribution in [2.45, 2.75) is 12.8 Å². The average Bonchev–Trinajstić information content (AvgIpc) is 2.42. The summed E-state index contributed by atoms with van der Waals surface area (Å²) in [6.07, 6.45) is 1.93. The predicted molar refractivity (Wildman–Crippen MR) is 83.1 cm³/mol. The predicted octanol–water partition coefficient (Wildman–Crippen LogP) is 2.54. The molecule has 6 heteroatoms. The molecule has 1 aromatic rings. The SMILES string of the molecule is CN1CCN(CCCc2ccc(Br)c([N+](=O)[O-])c2)CC1. The van der Waals surface area contributed by atoms with Crippen LogP contribution in [0.1, 0.15) is 12.0 Å². The molecule has 20 heavy (non-hydrogen) atoms. The molecule has 110 valence electrons. The molecule has 1 fully saturated rings. The number of piperazine rings is 1. The molecule has 0 atom stereocenters. The van der Waals surface area contributed by atoms with Crippen LogP contribution in [0.4, 0.5) is 5.69 Å². The Hall–Kier alpha value is -0.980. The Morgan fingerprint density at radius 2 is 2.00 bits per heavy atom. The average molecular weight is 342 g/mol. The van der Waals surface area contributed by atoms with E-state index in [1.807, 2.05) is 6.07 Å². The van der Waals surface area contributed by atoms with Gasteiger partial charge in [-0.05, 0) is 54.0 Å². The van der Waals surface area contributed by atoms with E-state index in [1.165, 1.54) is 0 Å². The van der Waals surface area contributed by atoms with Gasteiger partial charge in [-0.1, -0.05) is 6.07 Å². The minimum absolute atomic E-state index is 0.155. The van der Waals surface area contributed by atoms with Gasteiger partial charge >= 0.3 is 0 Å². The highest BCUT2D eigenvalue weighted by Gasteiger charge is 2.14. The van der Waals surface area contributed by atoms with E-state index in [2.05, 4.69) is 32.8 Å². The smallest absolute Gasteiger partial charge is 0.283 e. The lowest BCUT2D eigenvalue weighted by Gasteiger charge is -2.32. The third kappa shape index (κ3) is 4.26. The van der Waals surface area contributed by atoms with Crippen molar-refractivity contribution in [3.05, 3.63) is 38.3 Å². The van der Waals surface area contributed by atoms with Gasteiger partial charge in [0.15, 0.2) is 0 Å². The first-order chi connectivity index (χ1) is 9.56. The van der Waals surface area contributed by atoms with Crippen LogP contribution in [0.5, 0.6) is 0 Å². The van der Waals surface area contributed by atoms with Gasteiger partial charge in [0.2, 0.25) is 0 Å². The maximum Gasteiger partial charge on any atom is 0.283 e. The molecule has 0 saturated carbocycles. The molecule has 1 saturated heterocycles. The number of nitro groups is 1. The summed E-state index contributed by atoms with van der Waals surface area (Å²) in [5.74, 6) is 0. The molecule has 1 aliphatic rings. The van der Waals surface area contributed by atoms with Crippen LogP contribution in [0.25, 0.3) is 0 Å². The lowest BCUT2D eigenvalue weighted by molar-refractivity contribution is -0.385. The minimum Gasteiger partial charge on any atom is -0.304 e. The summed E-state index contributed by atoms with van der Waals surface area (Å²) < 4.78 is 0.547. The Morgan fingerprint density at radius 3 is 2.65 bits per heavy atom. The molecule has 1 aromatic carbocycles. The fourth-order valence-electron chi connectivity index (χ4n) is 2.43. The zero-order chi connectivity index (χ0) is 14.5. The first-order valence-electron chi connectivity index (χ1n) is 6.90. The lowest BCUT2D eigenvalue weighted by Crippen LogP contribution is -2.44. The van der Waals surface area contributed by atoms with Crippen molar-refractivity contribution in [2.24, 2.45) is 0 Å². The minimum atomic E-state index is -0.339. The molecule has 1 aliphatic heterocycles. The lowest BCUT2D eigenvalue weighted by atomic mass is 10.1. The van der Waals surface area contributed by atoms with E-state index in [4.69, 9.17) is 0 Å². The highest BCUT2D eigenvalue weighted by molar-refractivity contribution is 9.10. The Morgan fingerprint density at radius 1 is 1.30 bits per heavy atom.